The van der Waals surface area contributed by atoms with E-state index in [1.165, 1.54) is 6.33 Å². The van der Waals surface area contributed by atoms with Gasteiger partial charge in [-0.3, -0.25) is 9.78 Å². The minimum Gasteiger partial charge on any atom is -0.350 e. The smallest absolute Gasteiger partial charge is 0.220 e. The van der Waals surface area contributed by atoms with Crippen LogP contribution >= 0.6 is 0 Å². The van der Waals surface area contributed by atoms with Crippen LogP contribution in [-0.2, 0) is 11.2 Å². The van der Waals surface area contributed by atoms with Gasteiger partial charge in [0.25, 0.3) is 0 Å². The Bertz CT molecular complexity index is 804. The third-order valence-electron chi connectivity index (χ3n) is 4.05. The maximum Gasteiger partial charge on any atom is 0.220 e. The molecule has 1 aromatic carbocycles. The van der Waals surface area contributed by atoms with Crippen LogP contribution in [-0.4, -0.2) is 20.9 Å². The number of amides is 1. The van der Waals surface area contributed by atoms with E-state index >= 15 is 0 Å². The fourth-order valence-electron chi connectivity index (χ4n) is 2.61. The molecule has 0 bridgehead atoms. The van der Waals surface area contributed by atoms with E-state index in [1.807, 2.05) is 43.3 Å². The third-order valence-corrected chi connectivity index (χ3v) is 4.05. The Morgan fingerprint density at radius 1 is 1.00 bits per heavy atom. The summed E-state index contributed by atoms with van der Waals surface area (Å²) in [6.45, 7) is 1.99. The average Bonchev–Trinajstić information content (AvgIpc) is 2.68. The molecule has 0 aliphatic heterocycles. The van der Waals surface area contributed by atoms with E-state index in [-0.39, 0.29) is 11.9 Å². The molecule has 0 saturated heterocycles. The lowest BCUT2D eigenvalue weighted by Gasteiger charge is -2.15. The normalized spacial score (nSPS) is 11.7. The zero-order valence-corrected chi connectivity index (χ0v) is 14.1. The van der Waals surface area contributed by atoms with Crippen LogP contribution in [0.2, 0.25) is 0 Å². The van der Waals surface area contributed by atoms with E-state index in [0.29, 0.717) is 12.8 Å². The highest BCUT2D eigenvalue weighted by Gasteiger charge is 2.10. The van der Waals surface area contributed by atoms with Gasteiger partial charge < -0.3 is 5.32 Å². The van der Waals surface area contributed by atoms with Crippen molar-refractivity contribution in [3.05, 3.63) is 78.6 Å². The van der Waals surface area contributed by atoms with Gasteiger partial charge in [0.05, 0.1) is 6.04 Å². The first kappa shape index (κ1) is 16.8. The molecular weight excluding hydrogens is 312 g/mol. The van der Waals surface area contributed by atoms with Gasteiger partial charge in [-0.25, -0.2) is 9.97 Å². The molecule has 1 N–H and O–H groups in total. The summed E-state index contributed by atoms with van der Waals surface area (Å²) in [5, 5.41) is 3.04. The summed E-state index contributed by atoms with van der Waals surface area (Å²) >= 11 is 0. The molecule has 2 heterocycles. The van der Waals surface area contributed by atoms with Gasteiger partial charge in [-0.05, 0) is 36.1 Å². The minimum absolute atomic E-state index is 0.0388. The first-order chi connectivity index (χ1) is 12.2. The molecule has 3 aromatic rings. The molecule has 2 aromatic heterocycles. The molecule has 3 rings (SSSR count). The number of hydrogen-bond acceptors (Lipinski definition) is 4. The quantitative estimate of drug-likeness (QED) is 0.752. The number of carbonyl (C=O) groups excluding carboxylic acids is 1. The van der Waals surface area contributed by atoms with E-state index in [1.54, 1.807) is 24.8 Å². The lowest BCUT2D eigenvalue weighted by atomic mass is 10.0. The molecule has 0 fully saturated rings. The fraction of sp³-hybridized carbons (Fsp3) is 0.200. The van der Waals surface area contributed by atoms with Gasteiger partial charge in [0.2, 0.25) is 5.91 Å². The van der Waals surface area contributed by atoms with Gasteiger partial charge in [-0.2, -0.15) is 0 Å². The highest BCUT2D eigenvalue weighted by atomic mass is 16.1. The average molecular weight is 332 g/mol. The first-order valence-electron chi connectivity index (χ1n) is 8.26. The van der Waals surface area contributed by atoms with Crippen molar-refractivity contribution in [2.45, 2.75) is 25.8 Å². The lowest BCUT2D eigenvalue weighted by molar-refractivity contribution is -0.121. The van der Waals surface area contributed by atoms with Crippen molar-refractivity contribution >= 4 is 5.91 Å². The van der Waals surface area contributed by atoms with Gasteiger partial charge in [0, 0.05) is 36.8 Å². The number of rotatable bonds is 6. The van der Waals surface area contributed by atoms with Crippen LogP contribution in [0.4, 0.5) is 0 Å². The van der Waals surface area contributed by atoms with Crippen LogP contribution in [0.25, 0.3) is 11.1 Å². The van der Waals surface area contributed by atoms with Crippen molar-refractivity contribution in [2.75, 3.05) is 0 Å². The Morgan fingerprint density at radius 3 is 2.44 bits per heavy atom. The second kappa shape index (κ2) is 8.15. The highest BCUT2D eigenvalue weighted by Crippen LogP contribution is 2.20. The predicted octanol–water partition coefficient (Wildman–Crippen LogP) is 3.35. The van der Waals surface area contributed by atoms with Crippen LogP contribution in [0.5, 0.6) is 0 Å². The second-order valence-electron chi connectivity index (χ2n) is 5.90. The van der Waals surface area contributed by atoms with Crippen molar-refractivity contribution in [1.82, 2.24) is 20.3 Å². The molecule has 25 heavy (non-hydrogen) atoms. The summed E-state index contributed by atoms with van der Waals surface area (Å²) in [5.41, 5.74) is 4.16. The SMILES string of the molecule is CC(NC(=O)CCc1cccnc1)c1ccc(-c2cncnc2)cc1. The molecule has 126 valence electrons. The van der Waals surface area contributed by atoms with E-state index in [0.717, 1.165) is 22.3 Å². The number of benzene rings is 1. The summed E-state index contributed by atoms with van der Waals surface area (Å²) in [6, 6.07) is 11.9. The van der Waals surface area contributed by atoms with Crippen molar-refractivity contribution < 1.29 is 4.79 Å². The summed E-state index contributed by atoms with van der Waals surface area (Å²) < 4.78 is 0. The zero-order chi connectivity index (χ0) is 17.5. The number of carbonyl (C=O) groups is 1. The number of hydrogen-bond donors (Lipinski definition) is 1. The summed E-state index contributed by atoms with van der Waals surface area (Å²) in [5.74, 6) is 0.0388. The molecule has 0 aliphatic carbocycles. The summed E-state index contributed by atoms with van der Waals surface area (Å²) in [6.07, 6.45) is 9.76. The Balaban J connectivity index is 1.55. The molecule has 1 atom stereocenters. The second-order valence-corrected chi connectivity index (χ2v) is 5.90. The molecule has 0 radical (unpaired) electrons. The van der Waals surface area contributed by atoms with Crippen molar-refractivity contribution in [3.8, 4) is 11.1 Å². The van der Waals surface area contributed by atoms with Crippen molar-refractivity contribution in [1.29, 1.82) is 0 Å². The topological polar surface area (TPSA) is 67.8 Å². The van der Waals surface area contributed by atoms with Gasteiger partial charge in [0.1, 0.15) is 6.33 Å². The molecule has 1 unspecified atom stereocenters. The van der Waals surface area contributed by atoms with Crippen LogP contribution < -0.4 is 5.32 Å². The van der Waals surface area contributed by atoms with Crippen molar-refractivity contribution in [3.63, 3.8) is 0 Å². The van der Waals surface area contributed by atoms with Gasteiger partial charge in [-0.1, -0.05) is 30.3 Å². The molecule has 5 nitrogen and oxygen atoms in total. The van der Waals surface area contributed by atoms with E-state index in [2.05, 4.69) is 20.3 Å². The molecule has 5 heteroatoms. The fourth-order valence-corrected chi connectivity index (χ4v) is 2.61. The third kappa shape index (κ3) is 4.70. The standard InChI is InChI=1S/C20H20N4O/c1-15(24-20(25)9-4-16-3-2-10-21-11-16)17-5-7-18(8-6-17)19-12-22-14-23-13-19/h2-3,5-8,10-15H,4,9H2,1H3,(H,24,25). The number of nitrogens with zero attached hydrogens (tertiary/aromatic N) is 3. The largest absolute Gasteiger partial charge is 0.350 e. The van der Waals surface area contributed by atoms with Gasteiger partial charge in [-0.15, -0.1) is 0 Å². The molecule has 0 aliphatic rings. The van der Waals surface area contributed by atoms with E-state index in [4.69, 9.17) is 0 Å². The monoisotopic (exact) mass is 332 g/mol. The lowest BCUT2D eigenvalue weighted by Crippen LogP contribution is -2.26. The maximum absolute atomic E-state index is 12.1. The Kier molecular flexibility index (Phi) is 5.46. The summed E-state index contributed by atoms with van der Waals surface area (Å²) in [4.78, 5) is 24.3. The number of pyridine rings is 1. The van der Waals surface area contributed by atoms with E-state index < -0.39 is 0 Å². The molecular formula is C20H20N4O. The highest BCUT2D eigenvalue weighted by molar-refractivity contribution is 5.76. The Morgan fingerprint density at radius 2 is 1.76 bits per heavy atom. The number of aryl methyl sites for hydroxylation is 1. The van der Waals surface area contributed by atoms with Crippen LogP contribution in [0.3, 0.4) is 0 Å². The minimum atomic E-state index is -0.0394. The number of nitrogens with one attached hydrogen (secondary N) is 1. The Labute approximate surface area is 147 Å². The van der Waals surface area contributed by atoms with Crippen LogP contribution in [0.1, 0.15) is 30.5 Å². The zero-order valence-electron chi connectivity index (χ0n) is 14.1. The molecule has 1 amide bonds. The van der Waals surface area contributed by atoms with Crippen LogP contribution in [0.15, 0.2) is 67.5 Å². The summed E-state index contributed by atoms with van der Waals surface area (Å²) in [7, 11) is 0. The van der Waals surface area contributed by atoms with Crippen molar-refractivity contribution in [2.24, 2.45) is 0 Å². The van der Waals surface area contributed by atoms with Gasteiger partial charge in [0.15, 0.2) is 0 Å². The van der Waals surface area contributed by atoms with Gasteiger partial charge >= 0.3 is 0 Å². The molecule has 0 spiro atoms. The van der Waals surface area contributed by atoms with E-state index in [9.17, 15) is 4.79 Å². The first-order valence-corrected chi connectivity index (χ1v) is 8.26. The Hall–Kier alpha value is -3.08. The molecule has 0 saturated carbocycles. The van der Waals surface area contributed by atoms with Crippen LogP contribution in [0, 0.1) is 0 Å². The maximum atomic E-state index is 12.1. The number of aromatic nitrogens is 3. The predicted molar refractivity (Wildman–Crippen MR) is 96.6 cm³/mol.